The number of urea groups is 1. The minimum absolute atomic E-state index is 0.0989. The molecule has 0 unspecified atom stereocenters. The van der Waals surface area contributed by atoms with Gasteiger partial charge >= 0.3 is 18.0 Å². The van der Waals surface area contributed by atoms with Crippen molar-refractivity contribution in [3.05, 3.63) is 65.7 Å². The molecule has 0 radical (unpaired) electrons. The molecule has 1 fully saturated rings. The number of Topliss-reactive ketones (excluding diaryl/α,β-unsaturated/α-hetero) is 1. The summed E-state index contributed by atoms with van der Waals surface area (Å²) in [5.41, 5.74) is 5.19. The Morgan fingerprint density at radius 2 is 1.47 bits per heavy atom. The van der Waals surface area contributed by atoms with Crippen LogP contribution in [0.15, 0.2) is 54.6 Å². The van der Waals surface area contributed by atoms with Gasteiger partial charge in [0.05, 0.1) is 12.5 Å². The van der Waals surface area contributed by atoms with Crippen molar-refractivity contribution in [2.45, 2.75) is 90.3 Å². The molecule has 2 aromatic rings. The number of anilines is 1. The van der Waals surface area contributed by atoms with Crippen LogP contribution in [0.5, 0.6) is 0 Å². The van der Waals surface area contributed by atoms with Gasteiger partial charge in [-0.1, -0.05) is 42.5 Å². The van der Waals surface area contributed by atoms with E-state index >= 15 is 0 Å². The normalized spacial score (nSPS) is 18.4. The highest BCUT2D eigenvalue weighted by atomic mass is 16.6. The van der Waals surface area contributed by atoms with Crippen molar-refractivity contribution in [1.29, 1.82) is 5.41 Å². The highest BCUT2D eigenvalue weighted by molar-refractivity contribution is 6.24. The Kier molecular flexibility index (Phi) is 10.0. The summed E-state index contributed by atoms with van der Waals surface area (Å²) in [6.07, 6.45) is -0.665. The van der Waals surface area contributed by atoms with E-state index in [9.17, 15) is 28.8 Å². The summed E-state index contributed by atoms with van der Waals surface area (Å²) in [4.78, 5) is 85.1. The molecular formula is C33H42N6O8. The fraction of sp³-hybridized carbons (Fsp3) is 0.424. The van der Waals surface area contributed by atoms with Crippen LogP contribution in [0.2, 0.25) is 0 Å². The topological polar surface area (TPSA) is 215 Å². The third kappa shape index (κ3) is 7.32. The Morgan fingerprint density at radius 3 is 1.94 bits per heavy atom. The molecule has 0 aromatic heterocycles. The molecular weight excluding hydrogens is 608 g/mol. The largest absolute Gasteiger partial charge is 0.460 e. The number of ketones is 1. The first-order valence-electron chi connectivity index (χ1n) is 14.8. The summed E-state index contributed by atoms with van der Waals surface area (Å²) in [6, 6.07) is 10.3. The second kappa shape index (κ2) is 12.9. The van der Waals surface area contributed by atoms with Crippen molar-refractivity contribution >= 4 is 47.1 Å². The molecule has 1 aliphatic rings. The average molecular weight is 651 g/mol. The number of nitrogens with two attached hydrogens (primary N) is 2. The summed E-state index contributed by atoms with van der Waals surface area (Å²) in [5, 5.41) is 10.2. The smallest absolute Gasteiger partial charge is 0.363 e. The van der Waals surface area contributed by atoms with E-state index in [1.165, 1.54) is 76.2 Å². The van der Waals surface area contributed by atoms with Crippen molar-refractivity contribution in [3.8, 4) is 0 Å². The SMILES string of the molecule is CC(=O)[C@@](C(=O)OC(C)(C)C)(N1C(=O)N[C@](C)(c2ccc(C(=N)N)cc2)C1=O)N(C(=O)[C@@H](N)CC(=O)OC(C)(C)C)c1ccccc1. The number of imide groups is 1. The van der Waals surface area contributed by atoms with Gasteiger partial charge in [-0.05, 0) is 73.1 Å². The first-order valence-corrected chi connectivity index (χ1v) is 14.8. The zero-order valence-electron chi connectivity index (χ0n) is 27.8. The summed E-state index contributed by atoms with van der Waals surface area (Å²) >= 11 is 0. The number of amidine groups is 1. The first-order chi connectivity index (χ1) is 21.6. The van der Waals surface area contributed by atoms with Crippen LogP contribution in [0.1, 0.15) is 72.9 Å². The highest BCUT2D eigenvalue weighted by Gasteiger charge is 2.67. The number of hydrogen-bond donors (Lipinski definition) is 4. The Labute approximate surface area is 273 Å². The van der Waals surface area contributed by atoms with Crippen molar-refractivity contribution < 1.29 is 38.2 Å². The summed E-state index contributed by atoms with van der Waals surface area (Å²) in [5.74, 6) is -5.84. The molecule has 0 spiro atoms. The predicted molar refractivity (Wildman–Crippen MR) is 172 cm³/mol. The molecule has 47 heavy (non-hydrogen) atoms. The van der Waals surface area contributed by atoms with E-state index < -0.39 is 70.4 Å². The van der Waals surface area contributed by atoms with Crippen LogP contribution in [0, 0.1) is 5.41 Å². The van der Waals surface area contributed by atoms with E-state index in [1.807, 2.05) is 0 Å². The zero-order chi connectivity index (χ0) is 35.7. The Bertz CT molecular complexity index is 1600. The monoisotopic (exact) mass is 650 g/mol. The maximum absolute atomic E-state index is 14.5. The van der Waals surface area contributed by atoms with Crippen LogP contribution in [0.3, 0.4) is 0 Å². The van der Waals surface area contributed by atoms with Gasteiger partial charge in [0.2, 0.25) is 5.91 Å². The number of carbonyl (C=O) groups is 6. The van der Waals surface area contributed by atoms with Crippen molar-refractivity contribution in [2.75, 3.05) is 4.90 Å². The van der Waals surface area contributed by atoms with Gasteiger partial charge in [-0.2, -0.15) is 0 Å². The molecule has 14 heteroatoms. The van der Waals surface area contributed by atoms with Crippen molar-refractivity contribution in [3.63, 3.8) is 0 Å². The molecule has 2 aromatic carbocycles. The molecule has 4 amide bonds. The fourth-order valence-electron chi connectivity index (χ4n) is 5.07. The van der Waals surface area contributed by atoms with Gasteiger partial charge < -0.3 is 26.3 Å². The quantitative estimate of drug-likeness (QED) is 0.0968. The maximum Gasteiger partial charge on any atom is 0.363 e. The van der Waals surface area contributed by atoms with Gasteiger partial charge in [-0.15, -0.1) is 0 Å². The van der Waals surface area contributed by atoms with Gasteiger partial charge in [-0.3, -0.25) is 29.5 Å². The average Bonchev–Trinajstić information content (AvgIpc) is 3.17. The summed E-state index contributed by atoms with van der Waals surface area (Å²) in [6.45, 7) is 11.7. The molecule has 0 saturated carbocycles. The Morgan fingerprint density at radius 1 is 0.936 bits per heavy atom. The van der Waals surface area contributed by atoms with Gasteiger partial charge in [0, 0.05) is 11.3 Å². The molecule has 3 atom stereocenters. The van der Waals surface area contributed by atoms with Crippen LogP contribution >= 0.6 is 0 Å². The van der Waals surface area contributed by atoms with E-state index in [4.69, 9.17) is 26.4 Å². The van der Waals surface area contributed by atoms with Gasteiger partial charge in [0.1, 0.15) is 22.6 Å². The second-order valence-corrected chi connectivity index (χ2v) is 13.3. The van der Waals surface area contributed by atoms with Crippen LogP contribution in [-0.4, -0.2) is 69.2 Å². The summed E-state index contributed by atoms with van der Waals surface area (Å²) < 4.78 is 11.0. The third-order valence-corrected chi connectivity index (χ3v) is 7.14. The lowest BCUT2D eigenvalue weighted by Crippen LogP contribution is -2.75. The first kappa shape index (κ1) is 36.4. The highest BCUT2D eigenvalue weighted by Crippen LogP contribution is 2.39. The van der Waals surface area contributed by atoms with Crippen LogP contribution in [0.4, 0.5) is 10.5 Å². The van der Waals surface area contributed by atoms with E-state index in [0.717, 1.165) is 6.92 Å². The molecule has 3 rings (SSSR count). The molecule has 0 aliphatic carbocycles. The van der Waals surface area contributed by atoms with E-state index in [2.05, 4.69) is 5.32 Å². The molecule has 1 aliphatic heterocycles. The van der Waals surface area contributed by atoms with E-state index in [0.29, 0.717) is 15.4 Å². The molecule has 0 bridgehead atoms. The number of ether oxygens (including phenoxy) is 2. The number of benzene rings is 2. The van der Waals surface area contributed by atoms with Gasteiger partial charge in [0.15, 0.2) is 5.78 Å². The minimum Gasteiger partial charge on any atom is -0.460 e. The van der Waals surface area contributed by atoms with Crippen LogP contribution in [-0.2, 0) is 39.0 Å². The maximum atomic E-state index is 14.5. The second-order valence-electron chi connectivity index (χ2n) is 13.3. The van der Waals surface area contributed by atoms with Crippen molar-refractivity contribution in [2.24, 2.45) is 11.5 Å². The van der Waals surface area contributed by atoms with E-state index in [-0.39, 0.29) is 17.1 Å². The van der Waals surface area contributed by atoms with Crippen LogP contribution in [0.25, 0.3) is 0 Å². The van der Waals surface area contributed by atoms with Crippen LogP contribution < -0.4 is 21.7 Å². The number of nitrogen functional groups attached to an aromatic ring is 1. The predicted octanol–water partition coefficient (Wildman–Crippen LogP) is 2.46. The van der Waals surface area contributed by atoms with Gasteiger partial charge in [0.25, 0.3) is 11.6 Å². The lowest BCUT2D eigenvalue weighted by molar-refractivity contribution is -0.174. The standard InChI is InChI=1S/C33H42N6O8/c1-19(40)33(28(44)47-31(5,6)7,39-27(43)32(8,37-29(39)45)21-16-14-20(15-17-21)25(35)36)38(22-12-10-9-11-13-22)26(42)23(34)18-24(41)46-30(2,3)4/h9-17,23H,18,34H2,1-8H3,(H3,35,36)(H,37,45)/t23-,32+,33-/m0/s1. The van der Waals surface area contributed by atoms with Crippen molar-refractivity contribution in [1.82, 2.24) is 10.2 Å². The number of carbonyl (C=O) groups excluding carboxylic acids is 6. The number of nitrogens with one attached hydrogen (secondary N) is 2. The molecule has 14 nitrogen and oxygen atoms in total. The molecule has 252 valence electrons. The number of esters is 2. The number of hydrogen-bond acceptors (Lipinski definition) is 10. The Hall–Kier alpha value is -5.11. The zero-order valence-corrected chi connectivity index (χ0v) is 27.8. The minimum atomic E-state index is -3.07. The lowest BCUT2D eigenvalue weighted by Gasteiger charge is -2.45. The number of amides is 4. The Balaban J connectivity index is 2.32. The number of nitrogens with zero attached hydrogens (tertiary/aromatic N) is 2. The number of para-hydroxylation sites is 1. The lowest BCUT2D eigenvalue weighted by atomic mass is 9.89. The molecule has 1 heterocycles. The van der Waals surface area contributed by atoms with E-state index in [1.54, 1.807) is 26.8 Å². The van der Waals surface area contributed by atoms with Gasteiger partial charge in [-0.25, -0.2) is 14.5 Å². The molecule has 1 saturated heterocycles. The fourth-order valence-corrected chi connectivity index (χ4v) is 5.07. The number of rotatable bonds is 10. The third-order valence-electron chi connectivity index (χ3n) is 7.14. The molecule has 6 N–H and O–H groups in total. The summed E-state index contributed by atoms with van der Waals surface area (Å²) in [7, 11) is 0.